The van der Waals surface area contributed by atoms with Crippen molar-refractivity contribution < 1.29 is 22.8 Å². The molecule has 0 spiro atoms. The van der Waals surface area contributed by atoms with Crippen LogP contribution in [-0.4, -0.2) is 18.5 Å². The van der Waals surface area contributed by atoms with Crippen molar-refractivity contribution in [2.45, 2.75) is 6.18 Å². The minimum Gasteiger partial charge on any atom is -0.285 e. The van der Waals surface area contributed by atoms with Gasteiger partial charge in [0.05, 0.1) is 16.7 Å². The number of carbonyl (C=O) groups is 2. The molecule has 2 rings (SSSR count). The third kappa shape index (κ3) is 2.49. The lowest BCUT2D eigenvalue weighted by Crippen LogP contribution is -2.28. The highest BCUT2D eigenvalue weighted by atomic mass is 19.4. The van der Waals surface area contributed by atoms with Gasteiger partial charge in [-0.2, -0.15) is 23.7 Å². The molecule has 0 bridgehead atoms. The smallest absolute Gasteiger partial charge is 0.285 e. The quantitative estimate of drug-likeness (QED) is 0.794. The molecule has 0 aromatic heterocycles. The van der Waals surface area contributed by atoms with Crippen molar-refractivity contribution in [3.8, 4) is 12.1 Å². The molecule has 6 nitrogen and oxygen atoms in total. The number of carbonyl (C=O) groups excluding carboxylic acids is 2. The van der Waals surface area contributed by atoms with Crippen LogP contribution in [-0.2, 0) is 11.0 Å². The number of benzene rings is 1. The Hall–Kier alpha value is -3.07. The summed E-state index contributed by atoms with van der Waals surface area (Å²) in [5, 5.41) is 19.6. The van der Waals surface area contributed by atoms with Crippen molar-refractivity contribution in [1.82, 2.24) is 5.32 Å². The molecule has 1 aliphatic heterocycles. The molecule has 0 unspecified atom stereocenters. The summed E-state index contributed by atoms with van der Waals surface area (Å²) in [5.41, 5.74) is -2.94. The fraction of sp³-hybridized carbons (Fsp3) is 0.167. The van der Waals surface area contributed by atoms with E-state index in [0.29, 0.717) is 6.07 Å². The summed E-state index contributed by atoms with van der Waals surface area (Å²) < 4.78 is 38.8. The van der Waals surface area contributed by atoms with Crippen LogP contribution >= 0.6 is 0 Å². The van der Waals surface area contributed by atoms with Crippen LogP contribution < -0.4 is 10.2 Å². The largest absolute Gasteiger partial charge is 0.417 e. The van der Waals surface area contributed by atoms with Gasteiger partial charge >= 0.3 is 12.2 Å². The fourth-order valence-corrected chi connectivity index (χ4v) is 1.87. The second-order valence-electron chi connectivity index (χ2n) is 4.08. The van der Waals surface area contributed by atoms with E-state index >= 15 is 0 Å². The zero-order chi connectivity index (χ0) is 15.8. The average Bonchev–Trinajstić information content (AvgIpc) is 2.75. The van der Waals surface area contributed by atoms with E-state index in [1.165, 1.54) is 12.1 Å². The van der Waals surface area contributed by atoms with E-state index in [2.05, 4.69) is 0 Å². The number of nitrogens with zero attached hydrogens (tertiary/aromatic N) is 3. The lowest BCUT2D eigenvalue weighted by atomic mass is 10.0. The lowest BCUT2D eigenvalue weighted by molar-refractivity contribution is -0.137. The molecule has 3 amide bonds. The van der Waals surface area contributed by atoms with Crippen LogP contribution in [0.1, 0.15) is 16.7 Å². The monoisotopic (exact) mass is 294 g/mol. The molecule has 1 aliphatic rings. The van der Waals surface area contributed by atoms with E-state index in [4.69, 9.17) is 10.5 Å². The van der Waals surface area contributed by atoms with Crippen LogP contribution in [0.5, 0.6) is 0 Å². The number of nitrogens with one attached hydrogen (secondary N) is 1. The Morgan fingerprint density at radius 2 is 1.86 bits per heavy atom. The van der Waals surface area contributed by atoms with Gasteiger partial charge in [-0.05, 0) is 12.1 Å². The summed E-state index contributed by atoms with van der Waals surface area (Å²) >= 11 is 0. The predicted octanol–water partition coefficient (Wildman–Crippen LogP) is 1.50. The van der Waals surface area contributed by atoms with Gasteiger partial charge in [-0.15, -0.1) is 0 Å². The molecule has 9 heteroatoms. The van der Waals surface area contributed by atoms with Gasteiger partial charge in [-0.1, -0.05) is 0 Å². The third-order valence-corrected chi connectivity index (χ3v) is 2.77. The van der Waals surface area contributed by atoms with Crippen molar-refractivity contribution in [3.05, 3.63) is 28.8 Å². The molecule has 1 saturated heterocycles. The van der Waals surface area contributed by atoms with E-state index in [1.54, 1.807) is 0 Å². The first-order valence-electron chi connectivity index (χ1n) is 5.44. The first kappa shape index (κ1) is 14.3. The van der Waals surface area contributed by atoms with Crippen LogP contribution in [0, 0.1) is 22.7 Å². The van der Waals surface area contributed by atoms with Gasteiger partial charge in [0.15, 0.2) is 0 Å². The molecule has 0 atom stereocenters. The number of alkyl halides is 3. The number of urea groups is 1. The molecule has 1 fully saturated rings. The molecule has 106 valence electrons. The first-order chi connectivity index (χ1) is 9.77. The highest BCUT2D eigenvalue weighted by Crippen LogP contribution is 2.36. The number of halogens is 3. The molecular formula is C12H5F3N4O2. The molecular weight excluding hydrogens is 289 g/mol. The van der Waals surface area contributed by atoms with Gasteiger partial charge < -0.3 is 0 Å². The number of imide groups is 1. The van der Waals surface area contributed by atoms with E-state index in [0.717, 1.165) is 11.0 Å². The van der Waals surface area contributed by atoms with Crippen LogP contribution in [0.2, 0.25) is 0 Å². The molecule has 0 aliphatic carbocycles. The van der Waals surface area contributed by atoms with Gasteiger partial charge in [0.1, 0.15) is 18.7 Å². The number of hydrogen-bond donors (Lipinski definition) is 1. The summed E-state index contributed by atoms with van der Waals surface area (Å²) in [4.78, 5) is 23.3. The maximum absolute atomic E-state index is 12.9. The van der Waals surface area contributed by atoms with Crippen LogP contribution in [0.25, 0.3) is 0 Å². The Kier molecular flexibility index (Phi) is 3.28. The summed E-state index contributed by atoms with van der Waals surface area (Å²) in [5.74, 6) is -0.670. The Morgan fingerprint density at radius 3 is 2.29 bits per heavy atom. The van der Waals surface area contributed by atoms with Gasteiger partial charge in [-0.25, -0.2) is 4.79 Å². The summed E-state index contributed by atoms with van der Waals surface area (Å²) in [6.45, 7) is -0.451. The van der Waals surface area contributed by atoms with Crippen molar-refractivity contribution in [1.29, 1.82) is 10.5 Å². The van der Waals surface area contributed by atoms with Crippen molar-refractivity contribution in [2.75, 3.05) is 11.4 Å². The Bertz CT molecular complexity index is 728. The Balaban J connectivity index is 2.66. The average molecular weight is 294 g/mol. The second-order valence-corrected chi connectivity index (χ2v) is 4.08. The SMILES string of the molecule is N#Cc1cc(N2CC(=O)NC2=O)cc(C(F)(F)F)c1C#N. The standard InChI is InChI=1S/C12H5F3N4O2/c13-12(14,15)9-2-7(1-6(3-16)8(9)4-17)19-5-10(20)18-11(19)21/h1-2H,5H2,(H,18,20,21). The fourth-order valence-electron chi connectivity index (χ4n) is 1.87. The number of anilines is 1. The molecule has 21 heavy (non-hydrogen) atoms. The van der Waals surface area contributed by atoms with Crippen molar-refractivity contribution in [3.63, 3.8) is 0 Å². The Morgan fingerprint density at radius 1 is 1.19 bits per heavy atom. The molecule has 1 heterocycles. The molecule has 1 aromatic rings. The van der Waals surface area contributed by atoms with Crippen LogP contribution in [0.4, 0.5) is 23.7 Å². The lowest BCUT2D eigenvalue weighted by Gasteiger charge is -2.17. The molecule has 1 N–H and O–H groups in total. The normalized spacial score (nSPS) is 14.6. The summed E-state index contributed by atoms with van der Waals surface area (Å²) in [6.07, 6.45) is -4.87. The minimum atomic E-state index is -4.87. The van der Waals surface area contributed by atoms with Gasteiger partial charge in [0.2, 0.25) is 5.91 Å². The van der Waals surface area contributed by atoms with E-state index in [1.807, 2.05) is 5.32 Å². The predicted molar refractivity (Wildman–Crippen MR) is 61.8 cm³/mol. The minimum absolute atomic E-state index is 0.277. The molecule has 0 saturated carbocycles. The van der Waals surface area contributed by atoms with Crippen molar-refractivity contribution >= 4 is 17.6 Å². The summed E-state index contributed by atoms with van der Waals surface area (Å²) in [7, 11) is 0. The third-order valence-electron chi connectivity index (χ3n) is 2.77. The topological polar surface area (TPSA) is 97.0 Å². The number of rotatable bonds is 1. The van der Waals surface area contributed by atoms with Crippen LogP contribution in [0.3, 0.4) is 0 Å². The van der Waals surface area contributed by atoms with Gasteiger partial charge in [0, 0.05) is 5.69 Å². The Labute approximate surface area is 116 Å². The molecule has 1 aromatic carbocycles. The zero-order valence-corrected chi connectivity index (χ0v) is 10.2. The zero-order valence-electron chi connectivity index (χ0n) is 10.2. The van der Waals surface area contributed by atoms with Gasteiger partial charge in [0.25, 0.3) is 0 Å². The summed E-state index contributed by atoms with van der Waals surface area (Å²) in [6, 6.07) is 3.46. The van der Waals surface area contributed by atoms with Crippen LogP contribution in [0.15, 0.2) is 12.1 Å². The van der Waals surface area contributed by atoms with E-state index in [-0.39, 0.29) is 5.69 Å². The first-order valence-corrected chi connectivity index (χ1v) is 5.44. The maximum Gasteiger partial charge on any atom is 0.417 e. The molecule has 0 radical (unpaired) electrons. The maximum atomic E-state index is 12.9. The highest BCUT2D eigenvalue weighted by molar-refractivity contribution is 6.12. The number of nitriles is 2. The highest BCUT2D eigenvalue weighted by Gasteiger charge is 2.37. The van der Waals surface area contributed by atoms with Crippen molar-refractivity contribution in [2.24, 2.45) is 0 Å². The number of amides is 3. The van der Waals surface area contributed by atoms with E-state index < -0.39 is 41.3 Å². The van der Waals surface area contributed by atoms with E-state index in [9.17, 15) is 22.8 Å². The number of hydrogen-bond acceptors (Lipinski definition) is 4. The van der Waals surface area contributed by atoms with Gasteiger partial charge in [-0.3, -0.25) is 15.0 Å². The second kappa shape index (κ2) is 4.80.